The van der Waals surface area contributed by atoms with E-state index in [0.717, 1.165) is 11.4 Å². The lowest BCUT2D eigenvalue weighted by atomic mass is 10.2. The molecule has 94 valence electrons. The molecule has 0 unspecified atom stereocenters. The molecule has 2 rings (SSSR count). The Morgan fingerprint density at radius 2 is 1.94 bits per heavy atom. The van der Waals surface area contributed by atoms with Gasteiger partial charge in [0.05, 0.1) is 36.6 Å². The molecule has 1 heterocycles. The smallest absolute Gasteiger partial charge is 0.145 e. The Bertz CT molecular complexity index is 546. The Morgan fingerprint density at radius 1 is 1.17 bits per heavy atom. The quantitative estimate of drug-likeness (QED) is 0.871. The van der Waals surface area contributed by atoms with Crippen molar-refractivity contribution >= 4 is 17.1 Å². The minimum atomic E-state index is -0.334. The number of nitrogens with zero attached hydrogens (tertiary/aromatic N) is 1. The van der Waals surface area contributed by atoms with Crippen molar-refractivity contribution in [3.63, 3.8) is 0 Å². The van der Waals surface area contributed by atoms with E-state index in [2.05, 4.69) is 15.6 Å². The summed E-state index contributed by atoms with van der Waals surface area (Å²) < 4.78 is 18.2. The first kappa shape index (κ1) is 12.2. The SMILES string of the molecule is CNc1cncc(Nc2ccc(F)cc2OC)c1. The molecular formula is C13H14FN3O. The van der Waals surface area contributed by atoms with Gasteiger partial charge in [0.2, 0.25) is 0 Å². The van der Waals surface area contributed by atoms with Crippen LogP contribution in [0.15, 0.2) is 36.7 Å². The van der Waals surface area contributed by atoms with Crippen LogP contribution in [0.4, 0.5) is 21.5 Å². The second kappa shape index (κ2) is 5.35. The molecule has 0 bridgehead atoms. The predicted molar refractivity (Wildman–Crippen MR) is 70.0 cm³/mol. The van der Waals surface area contributed by atoms with Crippen molar-refractivity contribution in [1.29, 1.82) is 0 Å². The van der Waals surface area contributed by atoms with E-state index in [0.29, 0.717) is 11.4 Å². The van der Waals surface area contributed by atoms with Crippen molar-refractivity contribution in [1.82, 2.24) is 4.98 Å². The summed E-state index contributed by atoms with van der Waals surface area (Å²) in [6.45, 7) is 0. The molecule has 0 fully saturated rings. The van der Waals surface area contributed by atoms with Crippen LogP contribution < -0.4 is 15.4 Å². The number of hydrogen-bond donors (Lipinski definition) is 2. The zero-order chi connectivity index (χ0) is 13.0. The Kier molecular flexibility index (Phi) is 3.62. The van der Waals surface area contributed by atoms with Gasteiger partial charge in [-0.3, -0.25) is 4.98 Å². The fourth-order valence-corrected chi connectivity index (χ4v) is 1.57. The van der Waals surface area contributed by atoms with Gasteiger partial charge < -0.3 is 15.4 Å². The molecule has 5 heteroatoms. The van der Waals surface area contributed by atoms with Crippen LogP contribution in [0.25, 0.3) is 0 Å². The summed E-state index contributed by atoms with van der Waals surface area (Å²) in [6, 6.07) is 6.23. The molecule has 0 aliphatic rings. The van der Waals surface area contributed by atoms with E-state index in [4.69, 9.17) is 4.74 Å². The van der Waals surface area contributed by atoms with Gasteiger partial charge in [0.1, 0.15) is 11.6 Å². The van der Waals surface area contributed by atoms with Crippen LogP contribution in [0.5, 0.6) is 5.75 Å². The van der Waals surface area contributed by atoms with Crippen molar-refractivity contribution in [2.24, 2.45) is 0 Å². The molecule has 0 spiro atoms. The molecule has 0 radical (unpaired) electrons. The second-order valence-corrected chi connectivity index (χ2v) is 3.68. The largest absolute Gasteiger partial charge is 0.494 e. The number of methoxy groups -OCH3 is 1. The number of nitrogens with one attached hydrogen (secondary N) is 2. The minimum Gasteiger partial charge on any atom is -0.494 e. The lowest BCUT2D eigenvalue weighted by Gasteiger charge is -2.11. The molecular weight excluding hydrogens is 233 g/mol. The first-order valence-corrected chi connectivity index (χ1v) is 5.46. The Hall–Kier alpha value is -2.30. The lowest BCUT2D eigenvalue weighted by molar-refractivity contribution is 0.413. The molecule has 1 aromatic carbocycles. The van der Waals surface area contributed by atoms with Crippen molar-refractivity contribution in [2.45, 2.75) is 0 Å². The van der Waals surface area contributed by atoms with Gasteiger partial charge in [0.25, 0.3) is 0 Å². The van der Waals surface area contributed by atoms with Crippen LogP contribution in [0.2, 0.25) is 0 Å². The number of aromatic nitrogens is 1. The number of halogens is 1. The summed E-state index contributed by atoms with van der Waals surface area (Å²) >= 11 is 0. The van der Waals surface area contributed by atoms with E-state index in [9.17, 15) is 4.39 Å². The van der Waals surface area contributed by atoms with Gasteiger partial charge in [-0.25, -0.2) is 4.39 Å². The summed E-state index contributed by atoms with van der Waals surface area (Å²) in [4.78, 5) is 4.08. The van der Waals surface area contributed by atoms with Gasteiger partial charge in [-0.2, -0.15) is 0 Å². The average molecular weight is 247 g/mol. The maximum Gasteiger partial charge on any atom is 0.145 e. The van der Waals surface area contributed by atoms with Crippen molar-refractivity contribution < 1.29 is 9.13 Å². The van der Waals surface area contributed by atoms with Crippen molar-refractivity contribution in [3.8, 4) is 5.75 Å². The number of anilines is 3. The van der Waals surface area contributed by atoms with E-state index < -0.39 is 0 Å². The summed E-state index contributed by atoms with van der Waals surface area (Å²) in [5, 5.41) is 6.13. The van der Waals surface area contributed by atoms with Crippen molar-refractivity contribution in [3.05, 3.63) is 42.5 Å². The average Bonchev–Trinajstić information content (AvgIpc) is 2.41. The maximum absolute atomic E-state index is 13.1. The lowest BCUT2D eigenvalue weighted by Crippen LogP contribution is -1.97. The molecule has 2 aromatic rings. The van der Waals surface area contributed by atoms with E-state index in [1.165, 1.54) is 19.2 Å². The zero-order valence-corrected chi connectivity index (χ0v) is 10.2. The third-order valence-electron chi connectivity index (χ3n) is 2.47. The molecule has 1 aromatic heterocycles. The highest BCUT2D eigenvalue weighted by Crippen LogP contribution is 2.28. The van der Waals surface area contributed by atoms with Crippen LogP contribution in [0, 0.1) is 5.82 Å². The highest BCUT2D eigenvalue weighted by atomic mass is 19.1. The summed E-state index contributed by atoms with van der Waals surface area (Å²) in [5.41, 5.74) is 2.38. The van der Waals surface area contributed by atoms with Gasteiger partial charge in [-0.05, 0) is 18.2 Å². The highest BCUT2D eigenvalue weighted by molar-refractivity contribution is 5.67. The van der Waals surface area contributed by atoms with E-state index >= 15 is 0 Å². The maximum atomic E-state index is 13.1. The number of rotatable bonds is 4. The summed E-state index contributed by atoms with van der Waals surface area (Å²) in [6.07, 6.45) is 3.40. The Morgan fingerprint density at radius 3 is 2.67 bits per heavy atom. The molecule has 4 nitrogen and oxygen atoms in total. The van der Waals surface area contributed by atoms with Gasteiger partial charge >= 0.3 is 0 Å². The topological polar surface area (TPSA) is 46.2 Å². The van der Waals surface area contributed by atoms with Gasteiger partial charge in [-0.1, -0.05) is 0 Å². The third-order valence-corrected chi connectivity index (χ3v) is 2.47. The fourth-order valence-electron chi connectivity index (χ4n) is 1.57. The number of ether oxygens (including phenoxy) is 1. The first-order valence-electron chi connectivity index (χ1n) is 5.46. The molecule has 0 aliphatic carbocycles. The second-order valence-electron chi connectivity index (χ2n) is 3.68. The van der Waals surface area contributed by atoms with Crippen LogP contribution in [0.3, 0.4) is 0 Å². The monoisotopic (exact) mass is 247 g/mol. The van der Waals surface area contributed by atoms with Gasteiger partial charge in [0.15, 0.2) is 0 Å². The standard InChI is InChI=1S/C13H14FN3O/c1-15-10-6-11(8-16-7-10)17-12-4-3-9(14)5-13(12)18-2/h3-8,15,17H,1-2H3. The number of benzene rings is 1. The van der Waals surface area contributed by atoms with Crippen LogP contribution in [0.1, 0.15) is 0 Å². The third kappa shape index (κ3) is 2.68. The number of pyridine rings is 1. The molecule has 0 atom stereocenters. The van der Waals surface area contributed by atoms with Crippen LogP contribution in [-0.2, 0) is 0 Å². The fraction of sp³-hybridized carbons (Fsp3) is 0.154. The molecule has 0 saturated heterocycles. The molecule has 0 amide bonds. The van der Waals surface area contributed by atoms with E-state index in [1.54, 1.807) is 18.5 Å². The first-order chi connectivity index (χ1) is 8.72. The molecule has 18 heavy (non-hydrogen) atoms. The van der Waals surface area contributed by atoms with Crippen LogP contribution >= 0.6 is 0 Å². The minimum absolute atomic E-state index is 0.334. The summed E-state index contributed by atoms with van der Waals surface area (Å²) in [7, 11) is 3.32. The predicted octanol–water partition coefficient (Wildman–Crippen LogP) is 3.01. The zero-order valence-electron chi connectivity index (χ0n) is 10.2. The summed E-state index contributed by atoms with van der Waals surface area (Å²) in [5.74, 6) is 0.115. The highest BCUT2D eigenvalue weighted by Gasteiger charge is 2.05. The van der Waals surface area contributed by atoms with E-state index in [-0.39, 0.29) is 5.82 Å². The normalized spacial score (nSPS) is 9.94. The number of hydrogen-bond acceptors (Lipinski definition) is 4. The van der Waals surface area contributed by atoms with Gasteiger partial charge in [-0.15, -0.1) is 0 Å². The Labute approximate surface area is 105 Å². The molecule has 0 saturated carbocycles. The Balaban J connectivity index is 2.27. The van der Waals surface area contributed by atoms with Gasteiger partial charge in [0, 0.05) is 13.1 Å². The molecule has 2 N–H and O–H groups in total. The van der Waals surface area contributed by atoms with E-state index in [1.807, 2.05) is 13.1 Å². The molecule has 0 aliphatic heterocycles. The van der Waals surface area contributed by atoms with Crippen LogP contribution in [-0.4, -0.2) is 19.1 Å². The van der Waals surface area contributed by atoms with Crippen molar-refractivity contribution in [2.75, 3.05) is 24.8 Å².